The number of rotatable bonds is 9. The van der Waals surface area contributed by atoms with E-state index < -0.39 is 29.2 Å². The van der Waals surface area contributed by atoms with Crippen LogP contribution in [0.3, 0.4) is 0 Å². The predicted molar refractivity (Wildman–Crippen MR) is 147 cm³/mol. The molecule has 0 spiro atoms. The molecular formula is C23H22N8O5S3. The molecule has 1 aromatic carbocycles. The maximum Gasteiger partial charge on any atom is 0.352 e. The molecule has 1 saturated heterocycles. The lowest BCUT2D eigenvalue weighted by Gasteiger charge is -2.49. The van der Waals surface area contributed by atoms with Crippen molar-refractivity contribution in [2.75, 3.05) is 24.3 Å². The maximum absolute atomic E-state index is 13.1. The highest BCUT2D eigenvalue weighted by molar-refractivity contribution is 8.01. The van der Waals surface area contributed by atoms with Gasteiger partial charge in [0.25, 0.3) is 11.8 Å². The van der Waals surface area contributed by atoms with Crippen LogP contribution in [-0.4, -0.2) is 83.3 Å². The zero-order chi connectivity index (χ0) is 27.7. The molecule has 2 aromatic heterocycles. The molecule has 2 atom stereocenters. The number of nitrogen functional groups attached to an aromatic ring is 1. The Hall–Kier alpha value is -3.89. The summed E-state index contributed by atoms with van der Waals surface area (Å²) in [5.41, 5.74) is 7.15. The largest absolute Gasteiger partial charge is 0.477 e. The first-order chi connectivity index (χ1) is 18.8. The minimum absolute atomic E-state index is 0.0785. The smallest absolute Gasteiger partial charge is 0.352 e. The Labute approximate surface area is 234 Å². The van der Waals surface area contributed by atoms with E-state index in [9.17, 15) is 19.5 Å². The van der Waals surface area contributed by atoms with Gasteiger partial charge in [0, 0.05) is 29.5 Å². The number of oxime groups is 1. The summed E-state index contributed by atoms with van der Waals surface area (Å²) in [6.07, 6.45) is 0. The SMILES string of the molecule is CO/N=C(/C(=O)N[C@@H]1C(=O)N2C(C(=O)O)=C(CSc3nnc(-c4ccccc4)n3C)CSC12)c1csc(N)n1. The Balaban J connectivity index is 1.30. The summed E-state index contributed by atoms with van der Waals surface area (Å²) in [7, 11) is 3.12. The van der Waals surface area contributed by atoms with Crippen LogP contribution in [0.1, 0.15) is 5.69 Å². The van der Waals surface area contributed by atoms with Crippen molar-refractivity contribution in [1.29, 1.82) is 0 Å². The van der Waals surface area contributed by atoms with Crippen molar-refractivity contribution in [3.8, 4) is 11.4 Å². The van der Waals surface area contributed by atoms with E-state index >= 15 is 0 Å². The summed E-state index contributed by atoms with van der Waals surface area (Å²) in [4.78, 5) is 48.2. The number of nitrogens with zero attached hydrogens (tertiary/aromatic N) is 6. The summed E-state index contributed by atoms with van der Waals surface area (Å²) < 4.78 is 1.84. The van der Waals surface area contributed by atoms with Gasteiger partial charge in [-0.25, -0.2) is 9.78 Å². The second kappa shape index (κ2) is 11.1. The second-order valence-corrected chi connectivity index (χ2v) is 11.3. The molecule has 1 unspecified atom stereocenters. The fourth-order valence-electron chi connectivity index (χ4n) is 4.13. The number of hydrogen-bond acceptors (Lipinski definition) is 12. The Bertz CT molecular complexity index is 1500. The van der Waals surface area contributed by atoms with Crippen molar-refractivity contribution < 1.29 is 24.3 Å². The molecule has 2 amide bonds. The van der Waals surface area contributed by atoms with Crippen LogP contribution in [-0.2, 0) is 26.3 Å². The van der Waals surface area contributed by atoms with Crippen LogP contribution in [0, 0.1) is 0 Å². The normalized spacial score (nSPS) is 19.0. The van der Waals surface area contributed by atoms with E-state index in [1.807, 2.05) is 41.9 Å². The van der Waals surface area contributed by atoms with Gasteiger partial charge in [-0.1, -0.05) is 47.2 Å². The number of carboxylic acid groups (broad SMARTS) is 1. The van der Waals surface area contributed by atoms with Crippen LogP contribution in [0.5, 0.6) is 0 Å². The predicted octanol–water partition coefficient (Wildman–Crippen LogP) is 1.40. The number of benzene rings is 1. The van der Waals surface area contributed by atoms with Crippen LogP contribution in [0.2, 0.25) is 0 Å². The van der Waals surface area contributed by atoms with Gasteiger partial charge >= 0.3 is 5.97 Å². The molecule has 0 aliphatic carbocycles. The van der Waals surface area contributed by atoms with Crippen LogP contribution in [0.4, 0.5) is 5.13 Å². The number of nitrogens with two attached hydrogens (primary N) is 1. The minimum Gasteiger partial charge on any atom is -0.477 e. The third-order valence-corrected chi connectivity index (χ3v) is 9.06. The molecule has 4 heterocycles. The maximum atomic E-state index is 13.1. The van der Waals surface area contributed by atoms with Crippen molar-refractivity contribution in [3.63, 3.8) is 0 Å². The van der Waals surface area contributed by atoms with Crippen LogP contribution >= 0.6 is 34.9 Å². The lowest BCUT2D eigenvalue weighted by Crippen LogP contribution is -2.71. The lowest BCUT2D eigenvalue weighted by molar-refractivity contribution is -0.150. The van der Waals surface area contributed by atoms with E-state index in [1.54, 1.807) is 5.38 Å². The molecule has 5 rings (SSSR count). The molecule has 0 bridgehead atoms. The first-order valence-corrected chi connectivity index (χ1v) is 14.3. The van der Waals surface area contributed by atoms with E-state index in [0.29, 0.717) is 28.1 Å². The molecule has 4 N–H and O–H groups in total. The van der Waals surface area contributed by atoms with Gasteiger partial charge in [-0.3, -0.25) is 14.5 Å². The quantitative estimate of drug-likeness (QED) is 0.143. The third-order valence-electron chi connectivity index (χ3n) is 5.94. The number of fused-ring (bicyclic) bond motifs is 1. The highest BCUT2D eigenvalue weighted by Gasteiger charge is 2.54. The number of thioether (sulfide) groups is 2. The van der Waals surface area contributed by atoms with E-state index in [2.05, 4.69) is 25.7 Å². The van der Waals surface area contributed by atoms with Gasteiger partial charge in [0.05, 0.1) is 0 Å². The number of carbonyl (C=O) groups excluding carboxylic acids is 2. The van der Waals surface area contributed by atoms with Crippen LogP contribution in [0.15, 0.2) is 57.3 Å². The molecule has 202 valence electrons. The monoisotopic (exact) mass is 586 g/mol. The fourth-order valence-corrected chi connectivity index (χ4v) is 7.07. The fraction of sp³-hybridized carbons (Fsp3) is 0.261. The van der Waals surface area contributed by atoms with E-state index in [0.717, 1.165) is 16.9 Å². The molecular weight excluding hydrogens is 565 g/mol. The summed E-state index contributed by atoms with van der Waals surface area (Å²) in [6, 6.07) is 8.67. The molecule has 0 saturated carbocycles. The zero-order valence-electron chi connectivity index (χ0n) is 20.6. The molecule has 39 heavy (non-hydrogen) atoms. The number of thiazole rings is 1. The average Bonchev–Trinajstić information content (AvgIpc) is 3.53. The van der Waals surface area contributed by atoms with E-state index in [4.69, 9.17) is 10.6 Å². The summed E-state index contributed by atoms with van der Waals surface area (Å²) in [6.45, 7) is 0. The Kier molecular flexibility index (Phi) is 7.58. The van der Waals surface area contributed by atoms with Crippen molar-refractivity contribution >= 4 is 63.5 Å². The molecule has 3 aromatic rings. The van der Waals surface area contributed by atoms with Gasteiger partial charge in [0.15, 0.2) is 21.8 Å². The topological polar surface area (TPSA) is 178 Å². The van der Waals surface area contributed by atoms with Gasteiger partial charge in [0.2, 0.25) is 0 Å². The minimum atomic E-state index is -1.21. The van der Waals surface area contributed by atoms with Gasteiger partial charge < -0.3 is 25.6 Å². The first-order valence-electron chi connectivity index (χ1n) is 11.4. The number of aliphatic carboxylic acids is 1. The molecule has 2 aliphatic heterocycles. The number of amides is 2. The molecule has 16 heteroatoms. The number of nitrogens with one attached hydrogen (secondary N) is 1. The van der Waals surface area contributed by atoms with E-state index in [-0.39, 0.29) is 22.2 Å². The number of carbonyl (C=O) groups is 3. The molecule has 0 radical (unpaired) electrons. The van der Waals surface area contributed by atoms with Crippen molar-refractivity contribution in [2.45, 2.75) is 16.6 Å². The van der Waals surface area contributed by atoms with Gasteiger partial charge in [-0.2, -0.15) is 0 Å². The van der Waals surface area contributed by atoms with Gasteiger partial charge in [0.1, 0.15) is 29.9 Å². The van der Waals surface area contributed by atoms with E-state index in [1.165, 1.54) is 35.5 Å². The van der Waals surface area contributed by atoms with Crippen molar-refractivity contribution in [1.82, 2.24) is 30.0 Å². The highest BCUT2D eigenvalue weighted by Crippen LogP contribution is 2.41. The highest BCUT2D eigenvalue weighted by atomic mass is 32.2. The second-order valence-electron chi connectivity index (χ2n) is 8.33. The Morgan fingerprint density at radius 3 is 2.74 bits per heavy atom. The molecule has 13 nitrogen and oxygen atoms in total. The van der Waals surface area contributed by atoms with Gasteiger partial charge in [-0.05, 0) is 5.57 Å². The number of carboxylic acids is 1. The summed E-state index contributed by atoms with van der Waals surface area (Å²) in [5.74, 6) is -1.06. The molecule has 1 fully saturated rings. The lowest BCUT2D eigenvalue weighted by atomic mass is 10.0. The molecule has 2 aliphatic rings. The Morgan fingerprint density at radius 2 is 2.08 bits per heavy atom. The number of β-lactam (4-membered cyclic amide) rings is 1. The summed E-state index contributed by atoms with van der Waals surface area (Å²) in [5, 5.41) is 26.7. The van der Waals surface area contributed by atoms with Crippen LogP contribution < -0.4 is 11.1 Å². The zero-order valence-corrected chi connectivity index (χ0v) is 23.0. The standard InChI is InChI=1S/C23H22N8O5S3/c1-30-17(11-6-4-3-5-7-11)27-28-23(30)39-9-12-8-37-20-15(19(33)31(20)16(12)21(34)35)26-18(32)14(29-36-2)13-10-38-22(24)25-13/h3-7,10,15,20H,8-9H2,1-2H3,(H2,24,25)(H,26,32)(H,34,35)/b29-14+/t15-,20?/m1/s1. The number of aromatic nitrogens is 4. The number of anilines is 1. The van der Waals surface area contributed by atoms with Crippen molar-refractivity contribution in [3.05, 3.63) is 52.7 Å². The first kappa shape index (κ1) is 26.7. The average molecular weight is 587 g/mol. The van der Waals surface area contributed by atoms with Crippen LogP contribution in [0.25, 0.3) is 11.4 Å². The van der Waals surface area contributed by atoms with Gasteiger partial charge in [-0.15, -0.1) is 33.3 Å². The third kappa shape index (κ3) is 5.09. The Morgan fingerprint density at radius 1 is 1.31 bits per heavy atom. The number of hydrogen-bond donors (Lipinski definition) is 3. The summed E-state index contributed by atoms with van der Waals surface area (Å²) >= 11 is 3.84. The van der Waals surface area contributed by atoms with Crippen molar-refractivity contribution in [2.24, 2.45) is 12.2 Å².